The minimum atomic E-state index is -1.19. The smallest absolute Gasteiger partial charge is 0.269 e. The molecule has 4 aliphatic rings. The van der Waals surface area contributed by atoms with E-state index in [1.54, 1.807) is 24.3 Å². The number of likely N-dealkylation sites (tertiary alicyclic amines) is 1. The second-order valence-electron chi connectivity index (χ2n) is 10.6. The predicted molar refractivity (Wildman–Crippen MR) is 158 cm³/mol. The summed E-state index contributed by atoms with van der Waals surface area (Å²) in [5, 5.41) is 0. The van der Waals surface area contributed by atoms with Crippen LogP contribution in [0.3, 0.4) is 0 Å². The van der Waals surface area contributed by atoms with Crippen molar-refractivity contribution < 1.29 is 19.2 Å². The van der Waals surface area contributed by atoms with Gasteiger partial charge in [-0.1, -0.05) is 70.9 Å². The summed E-state index contributed by atoms with van der Waals surface area (Å²) in [5.74, 6) is -2.96. The number of imide groups is 1. The number of carbonyl (C=O) groups is 4. The first-order valence-corrected chi connectivity index (χ1v) is 15.0. The fourth-order valence-corrected chi connectivity index (χ4v) is 7.90. The minimum Gasteiger partial charge on any atom is -0.282 e. The highest BCUT2D eigenvalue weighted by molar-refractivity contribution is 9.10. The average molecular weight is 655 g/mol. The Kier molecular flexibility index (Phi) is 7.20. The number of rotatable bonds is 7. The molecule has 1 heterocycles. The van der Waals surface area contributed by atoms with Gasteiger partial charge in [-0.25, -0.2) is 0 Å². The quantitative estimate of drug-likeness (QED) is 0.155. The van der Waals surface area contributed by atoms with E-state index in [1.165, 1.54) is 4.90 Å². The number of nitrogens with zero attached hydrogens (tertiary/aromatic N) is 1. The molecule has 7 nitrogen and oxygen atoms in total. The topological polar surface area (TPSA) is 95.6 Å². The van der Waals surface area contributed by atoms with E-state index < -0.39 is 27.5 Å². The van der Waals surface area contributed by atoms with Crippen LogP contribution in [0, 0.1) is 11.8 Å². The monoisotopic (exact) mass is 653 g/mol. The van der Waals surface area contributed by atoms with Gasteiger partial charge in [-0.3, -0.25) is 34.9 Å². The molecule has 7 rings (SSSR count). The SMILES string of the molecule is O=C(CCCCCN1C(=O)[C@@H]2[C@@H](C1=O)C1(Cl)c3ccccc3C2(Cl)c2ccccc21)NNC(=O)c1ccc(Br)cc1. The third kappa shape index (κ3) is 4.30. The van der Waals surface area contributed by atoms with Gasteiger partial charge >= 0.3 is 0 Å². The first-order chi connectivity index (χ1) is 19.7. The van der Waals surface area contributed by atoms with Gasteiger partial charge < -0.3 is 0 Å². The standard InChI is InChI=1S/C31H26BrCl2N3O4/c32-19-15-13-18(14-16-19)27(39)36-35-24(38)12-2-1-7-17-37-28(40)25-26(29(37)41)31(34)21-9-4-3-8-20(21)30(25,33)22-10-5-6-11-23(22)31/h3-6,8-11,13-16,25-26H,1-2,7,12,17H2,(H,35,38)(H,36,39)/t25-,26-,30?,31?/m0/s1. The lowest BCUT2D eigenvalue weighted by Gasteiger charge is -2.54. The van der Waals surface area contributed by atoms with Gasteiger partial charge in [-0.2, -0.15) is 0 Å². The van der Waals surface area contributed by atoms with Crippen LogP contribution in [0.25, 0.3) is 0 Å². The van der Waals surface area contributed by atoms with Crippen molar-refractivity contribution in [2.24, 2.45) is 11.8 Å². The number of hydrogen-bond donors (Lipinski definition) is 2. The molecule has 0 saturated carbocycles. The zero-order valence-electron chi connectivity index (χ0n) is 21.8. The molecule has 210 valence electrons. The van der Waals surface area contributed by atoms with Crippen molar-refractivity contribution in [1.29, 1.82) is 0 Å². The zero-order chi connectivity index (χ0) is 28.9. The largest absolute Gasteiger partial charge is 0.282 e. The molecule has 0 spiro atoms. The number of hydrazine groups is 1. The second-order valence-corrected chi connectivity index (χ2v) is 12.7. The Morgan fingerprint density at radius 2 is 1.22 bits per heavy atom. The van der Waals surface area contributed by atoms with Crippen LogP contribution in [0.1, 0.15) is 58.3 Å². The second kappa shape index (κ2) is 10.6. The molecule has 10 heteroatoms. The van der Waals surface area contributed by atoms with Crippen molar-refractivity contribution in [3.8, 4) is 0 Å². The summed E-state index contributed by atoms with van der Waals surface area (Å²) in [5.41, 5.74) is 8.35. The Labute approximate surface area is 255 Å². The fourth-order valence-electron chi connectivity index (χ4n) is 6.54. The van der Waals surface area contributed by atoms with Crippen LogP contribution in [0.2, 0.25) is 0 Å². The molecule has 0 aromatic heterocycles. The van der Waals surface area contributed by atoms with E-state index in [4.69, 9.17) is 23.2 Å². The Morgan fingerprint density at radius 3 is 1.71 bits per heavy atom. The summed E-state index contributed by atoms with van der Waals surface area (Å²) in [7, 11) is 0. The van der Waals surface area contributed by atoms with Gasteiger partial charge in [-0.15, -0.1) is 23.2 Å². The van der Waals surface area contributed by atoms with Gasteiger partial charge in [0.1, 0.15) is 9.75 Å². The van der Waals surface area contributed by atoms with E-state index in [9.17, 15) is 19.2 Å². The summed E-state index contributed by atoms with van der Waals surface area (Å²) < 4.78 is 0.848. The van der Waals surface area contributed by atoms with Gasteiger partial charge in [0, 0.05) is 23.0 Å². The number of amides is 4. The molecule has 0 radical (unpaired) electrons. The first-order valence-electron chi connectivity index (χ1n) is 13.5. The van der Waals surface area contributed by atoms with Crippen LogP contribution in [0.4, 0.5) is 0 Å². The lowest BCUT2D eigenvalue weighted by atomic mass is 9.54. The highest BCUT2D eigenvalue weighted by atomic mass is 79.9. The molecule has 1 aliphatic heterocycles. The molecule has 1 fully saturated rings. The number of alkyl halides is 2. The summed E-state index contributed by atoms with van der Waals surface area (Å²) >= 11 is 18.2. The summed E-state index contributed by atoms with van der Waals surface area (Å²) in [6.45, 7) is 0.221. The van der Waals surface area contributed by atoms with Gasteiger partial charge in [-0.05, 0) is 59.4 Å². The van der Waals surface area contributed by atoms with Crippen LogP contribution in [-0.2, 0) is 24.1 Å². The number of hydrogen-bond acceptors (Lipinski definition) is 4. The maximum Gasteiger partial charge on any atom is 0.269 e. The summed E-state index contributed by atoms with van der Waals surface area (Å²) in [6, 6.07) is 21.9. The van der Waals surface area contributed by atoms with Crippen LogP contribution in [0.15, 0.2) is 77.3 Å². The molecule has 2 bridgehead atoms. The van der Waals surface area contributed by atoms with E-state index in [1.807, 2.05) is 48.5 Å². The number of benzene rings is 3. The third-order valence-electron chi connectivity index (χ3n) is 8.38. The van der Waals surface area contributed by atoms with Gasteiger partial charge in [0.15, 0.2) is 0 Å². The van der Waals surface area contributed by atoms with Crippen molar-refractivity contribution in [1.82, 2.24) is 15.8 Å². The van der Waals surface area contributed by atoms with E-state index in [2.05, 4.69) is 26.8 Å². The van der Waals surface area contributed by atoms with Crippen LogP contribution in [-0.4, -0.2) is 35.1 Å². The minimum absolute atomic E-state index is 0.188. The summed E-state index contributed by atoms with van der Waals surface area (Å²) in [4.78, 5) is 50.9. The van der Waals surface area contributed by atoms with Crippen molar-refractivity contribution >= 4 is 62.8 Å². The molecular formula is C31H26BrCl2N3O4. The van der Waals surface area contributed by atoms with Gasteiger partial charge in [0.2, 0.25) is 17.7 Å². The van der Waals surface area contributed by atoms with Crippen LogP contribution in [0.5, 0.6) is 0 Å². The first kappa shape index (κ1) is 27.9. The highest BCUT2D eigenvalue weighted by Gasteiger charge is 2.72. The number of nitrogens with one attached hydrogen (secondary N) is 2. The zero-order valence-corrected chi connectivity index (χ0v) is 24.9. The van der Waals surface area contributed by atoms with Crippen LogP contribution >= 0.6 is 39.1 Å². The molecule has 0 unspecified atom stereocenters. The molecule has 4 amide bonds. The lowest BCUT2D eigenvalue weighted by molar-refractivity contribution is -0.140. The van der Waals surface area contributed by atoms with Crippen molar-refractivity contribution in [3.05, 3.63) is 105 Å². The van der Waals surface area contributed by atoms with Gasteiger partial charge in [0.25, 0.3) is 5.91 Å². The van der Waals surface area contributed by atoms with E-state index in [-0.39, 0.29) is 30.7 Å². The molecule has 3 aromatic carbocycles. The van der Waals surface area contributed by atoms with E-state index in [0.29, 0.717) is 24.8 Å². The number of halogens is 3. The molecule has 3 aromatic rings. The predicted octanol–water partition coefficient (Wildman–Crippen LogP) is 5.36. The Bertz CT molecular complexity index is 1460. The van der Waals surface area contributed by atoms with Gasteiger partial charge in [0.05, 0.1) is 11.8 Å². The summed E-state index contributed by atoms with van der Waals surface area (Å²) in [6.07, 6.45) is 1.85. The molecule has 2 atom stereocenters. The van der Waals surface area contributed by atoms with Crippen molar-refractivity contribution in [2.75, 3.05) is 6.54 Å². The molecule has 41 heavy (non-hydrogen) atoms. The Morgan fingerprint density at radius 1 is 0.732 bits per heavy atom. The van der Waals surface area contributed by atoms with E-state index >= 15 is 0 Å². The average Bonchev–Trinajstić information content (AvgIpc) is 3.25. The van der Waals surface area contributed by atoms with E-state index in [0.717, 1.165) is 26.7 Å². The fraction of sp³-hybridized carbons (Fsp3) is 0.290. The highest BCUT2D eigenvalue weighted by Crippen LogP contribution is 2.69. The van der Waals surface area contributed by atoms with Crippen LogP contribution < -0.4 is 10.9 Å². The number of unbranched alkanes of at least 4 members (excludes halogenated alkanes) is 2. The third-order valence-corrected chi connectivity index (χ3v) is 10.2. The van der Waals surface area contributed by atoms with Crippen molar-refractivity contribution in [2.45, 2.75) is 35.4 Å². The molecule has 3 aliphatic carbocycles. The maximum absolute atomic E-state index is 13.8. The van der Waals surface area contributed by atoms with Crippen molar-refractivity contribution in [3.63, 3.8) is 0 Å². The Hall–Kier alpha value is -3.20. The molecular weight excluding hydrogens is 629 g/mol. The normalized spacial score (nSPS) is 25.4. The molecule has 2 N–H and O–H groups in total. The Balaban J connectivity index is 1.08. The molecule has 1 saturated heterocycles. The number of carbonyl (C=O) groups excluding carboxylic acids is 4. The maximum atomic E-state index is 13.8. The lowest BCUT2D eigenvalue weighted by Crippen LogP contribution is -2.57.